The van der Waals surface area contributed by atoms with E-state index in [1.54, 1.807) is 0 Å². The molecule has 0 aromatic carbocycles. The molecule has 1 aliphatic carbocycles. The lowest BCUT2D eigenvalue weighted by molar-refractivity contribution is 0.297. The third-order valence-corrected chi connectivity index (χ3v) is 3.72. The molecule has 3 aromatic heterocycles. The maximum absolute atomic E-state index is 5.28. The summed E-state index contributed by atoms with van der Waals surface area (Å²) in [6.45, 7) is 1.42. The quantitative estimate of drug-likeness (QED) is 0.778. The minimum Gasteiger partial charge on any atom is -0.346 e. The van der Waals surface area contributed by atoms with Crippen LogP contribution in [0.4, 0.5) is 0 Å². The van der Waals surface area contributed by atoms with Crippen LogP contribution in [0.25, 0.3) is 11.0 Å². The van der Waals surface area contributed by atoms with Crippen molar-refractivity contribution in [1.29, 1.82) is 0 Å². The van der Waals surface area contributed by atoms with E-state index in [1.807, 2.05) is 19.3 Å². The number of hydrogen-bond acceptors (Lipinski definition) is 5. The van der Waals surface area contributed by atoms with Gasteiger partial charge in [0.2, 0.25) is 5.89 Å². The van der Waals surface area contributed by atoms with Gasteiger partial charge in [-0.25, -0.2) is 4.98 Å². The topological polar surface area (TPSA) is 70.8 Å². The molecule has 1 aliphatic rings. The zero-order valence-corrected chi connectivity index (χ0v) is 11.9. The van der Waals surface area contributed by atoms with E-state index >= 15 is 0 Å². The van der Waals surface area contributed by atoms with E-state index in [4.69, 9.17) is 4.52 Å². The van der Waals surface area contributed by atoms with Crippen molar-refractivity contribution in [1.82, 2.24) is 25.0 Å². The summed E-state index contributed by atoms with van der Waals surface area (Å²) in [5.74, 6) is 2.05. The van der Waals surface area contributed by atoms with Crippen LogP contribution in [0.15, 0.2) is 28.9 Å². The molecule has 0 saturated heterocycles. The van der Waals surface area contributed by atoms with Gasteiger partial charge in [-0.3, -0.25) is 4.90 Å². The van der Waals surface area contributed by atoms with Gasteiger partial charge in [0.1, 0.15) is 5.65 Å². The highest BCUT2D eigenvalue weighted by Gasteiger charge is 2.29. The maximum atomic E-state index is 5.28. The highest BCUT2D eigenvalue weighted by Crippen LogP contribution is 2.38. The van der Waals surface area contributed by atoms with E-state index in [1.165, 1.54) is 12.8 Å². The summed E-state index contributed by atoms with van der Waals surface area (Å²) in [4.78, 5) is 14.3. The second kappa shape index (κ2) is 4.96. The predicted octanol–water partition coefficient (Wildman–Crippen LogP) is 2.46. The average Bonchev–Trinajstić information content (AvgIpc) is 3.04. The van der Waals surface area contributed by atoms with Crippen molar-refractivity contribution in [3.8, 4) is 0 Å². The lowest BCUT2D eigenvalue weighted by atomic mass is 10.3. The van der Waals surface area contributed by atoms with E-state index < -0.39 is 0 Å². The number of H-pyrrole nitrogens is 1. The molecule has 3 heterocycles. The van der Waals surface area contributed by atoms with Crippen molar-refractivity contribution in [2.75, 3.05) is 7.05 Å². The fourth-order valence-corrected chi connectivity index (χ4v) is 2.46. The van der Waals surface area contributed by atoms with Gasteiger partial charge in [0.25, 0.3) is 0 Å². The van der Waals surface area contributed by atoms with Crippen molar-refractivity contribution < 1.29 is 4.52 Å². The van der Waals surface area contributed by atoms with Crippen molar-refractivity contribution >= 4 is 11.0 Å². The molecule has 6 heteroatoms. The van der Waals surface area contributed by atoms with Crippen LogP contribution in [-0.4, -0.2) is 32.1 Å². The molecule has 0 bridgehead atoms. The summed E-state index contributed by atoms with van der Waals surface area (Å²) in [6.07, 6.45) is 4.26. The molecule has 21 heavy (non-hydrogen) atoms. The molecular weight excluding hydrogens is 266 g/mol. The van der Waals surface area contributed by atoms with Crippen LogP contribution in [-0.2, 0) is 13.1 Å². The molecule has 0 atom stereocenters. The van der Waals surface area contributed by atoms with E-state index in [0.29, 0.717) is 12.5 Å². The first-order valence-corrected chi connectivity index (χ1v) is 7.22. The maximum Gasteiger partial charge on any atom is 0.229 e. The molecule has 3 aromatic rings. The summed E-state index contributed by atoms with van der Waals surface area (Å²) in [7, 11) is 2.04. The lowest BCUT2D eigenvalue weighted by Gasteiger charge is -2.13. The van der Waals surface area contributed by atoms with Crippen LogP contribution in [0.3, 0.4) is 0 Å². The first-order chi connectivity index (χ1) is 10.3. The zero-order valence-electron chi connectivity index (χ0n) is 11.9. The molecule has 0 unspecified atom stereocenters. The van der Waals surface area contributed by atoms with Crippen molar-refractivity contribution in [2.45, 2.75) is 31.8 Å². The zero-order chi connectivity index (χ0) is 14.2. The molecule has 0 aliphatic heterocycles. The van der Waals surface area contributed by atoms with Crippen LogP contribution < -0.4 is 0 Å². The molecule has 0 radical (unpaired) electrons. The van der Waals surface area contributed by atoms with Crippen molar-refractivity contribution in [2.24, 2.45) is 0 Å². The first-order valence-electron chi connectivity index (χ1n) is 7.22. The Morgan fingerprint density at radius 3 is 3.00 bits per heavy atom. The molecule has 0 spiro atoms. The lowest BCUT2D eigenvalue weighted by Crippen LogP contribution is -2.18. The number of pyridine rings is 1. The minimum absolute atomic E-state index is 0.508. The first kappa shape index (κ1) is 12.5. The molecule has 4 rings (SSSR count). The van der Waals surface area contributed by atoms with Gasteiger partial charge in [-0.15, -0.1) is 0 Å². The van der Waals surface area contributed by atoms with Crippen LogP contribution in [0.1, 0.15) is 36.2 Å². The number of hydrogen-bond donors (Lipinski definition) is 1. The van der Waals surface area contributed by atoms with Gasteiger partial charge in [0.05, 0.1) is 12.2 Å². The Morgan fingerprint density at radius 1 is 1.24 bits per heavy atom. The molecule has 1 fully saturated rings. The van der Waals surface area contributed by atoms with Crippen LogP contribution in [0.5, 0.6) is 0 Å². The summed E-state index contributed by atoms with van der Waals surface area (Å²) in [6, 6.07) is 6.16. The molecule has 6 nitrogen and oxygen atoms in total. The fraction of sp³-hybridized carbons (Fsp3) is 0.400. The summed E-state index contributed by atoms with van der Waals surface area (Å²) < 4.78 is 5.28. The van der Waals surface area contributed by atoms with E-state index in [-0.39, 0.29) is 0 Å². The van der Waals surface area contributed by atoms with Gasteiger partial charge in [0.15, 0.2) is 5.82 Å². The second-order valence-corrected chi connectivity index (χ2v) is 5.71. The number of rotatable bonds is 5. The molecule has 0 amide bonds. The Kier molecular flexibility index (Phi) is 2.96. The van der Waals surface area contributed by atoms with Gasteiger partial charge < -0.3 is 9.51 Å². The standard InChI is InChI=1S/C15H17N5O/c1-20(9-13-18-15(21-19-13)11-2-3-11)8-12-5-4-10-6-7-16-14(10)17-12/h4-7,11H,2-3,8-9H2,1H3,(H,16,17). The SMILES string of the molecule is CN(Cc1ccc2cc[nH]c2n1)Cc1noc(C2CC2)n1. The van der Waals surface area contributed by atoms with E-state index in [0.717, 1.165) is 35.0 Å². The highest BCUT2D eigenvalue weighted by atomic mass is 16.5. The van der Waals surface area contributed by atoms with Crippen LogP contribution in [0.2, 0.25) is 0 Å². The van der Waals surface area contributed by atoms with Gasteiger partial charge in [-0.05, 0) is 38.1 Å². The van der Waals surface area contributed by atoms with Gasteiger partial charge in [-0.2, -0.15) is 4.98 Å². The molecule has 1 N–H and O–H groups in total. The van der Waals surface area contributed by atoms with Gasteiger partial charge in [-0.1, -0.05) is 5.16 Å². The Balaban J connectivity index is 1.42. The molecule has 108 valence electrons. The largest absolute Gasteiger partial charge is 0.346 e. The van der Waals surface area contributed by atoms with E-state index in [2.05, 4.69) is 37.1 Å². The Morgan fingerprint density at radius 2 is 2.14 bits per heavy atom. The van der Waals surface area contributed by atoms with Crippen molar-refractivity contribution in [3.05, 3.63) is 41.8 Å². The van der Waals surface area contributed by atoms with Gasteiger partial charge in [0, 0.05) is 24.0 Å². The second-order valence-electron chi connectivity index (χ2n) is 5.71. The number of nitrogens with zero attached hydrogens (tertiary/aromatic N) is 4. The van der Waals surface area contributed by atoms with Crippen molar-refractivity contribution in [3.63, 3.8) is 0 Å². The van der Waals surface area contributed by atoms with E-state index in [9.17, 15) is 0 Å². The summed E-state index contributed by atoms with van der Waals surface area (Å²) >= 11 is 0. The van der Waals surface area contributed by atoms with Gasteiger partial charge >= 0.3 is 0 Å². The highest BCUT2D eigenvalue weighted by molar-refractivity contribution is 5.75. The third-order valence-electron chi connectivity index (χ3n) is 3.72. The Labute approximate surface area is 122 Å². The monoisotopic (exact) mass is 283 g/mol. The number of nitrogens with one attached hydrogen (secondary N) is 1. The normalized spacial score (nSPS) is 15.1. The number of fused-ring (bicyclic) bond motifs is 1. The average molecular weight is 283 g/mol. The number of aromatic nitrogens is 4. The summed E-state index contributed by atoms with van der Waals surface area (Å²) in [5.41, 5.74) is 1.95. The Bertz CT molecular complexity index is 758. The Hall–Kier alpha value is -2.21. The van der Waals surface area contributed by atoms with Crippen LogP contribution in [0, 0.1) is 0 Å². The fourth-order valence-electron chi connectivity index (χ4n) is 2.46. The van der Waals surface area contributed by atoms with Crippen LogP contribution >= 0.6 is 0 Å². The molecule has 1 saturated carbocycles. The third kappa shape index (κ3) is 2.67. The predicted molar refractivity (Wildman–Crippen MR) is 77.5 cm³/mol. The minimum atomic E-state index is 0.508. The smallest absolute Gasteiger partial charge is 0.229 e. The number of aromatic amines is 1. The molecular formula is C15H17N5O. The summed E-state index contributed by atoms with van der Waals surface area (Å²) in [5, 5.41) is 5.18.